The topological polar surface area (TPSA) is 46.2 Å². The third kappa shape index (κ3) is 4.35. The van der Waals surface area contributed by atoms with Gasteiger partial charge in [0.2, 0.25) is 0 Å². The Labute approximate surface area is 130 Å². The molecule has 0 saturated heterocycles. The molecule has 3 nitrogen and oxygen atoms in total. The first kappa shape index (κ1) is 16.1. The lowest BCUT2D eigenvalue weighted by Gasteiger charge is -2.20. The molecular formula is C14H19Cl2NO2S. The smallest absolute Gasteiger partial charge is 0.148 e. The molecule has 2 rings (SSSR count). The van der Waals surface area contributed by atoms with Gasteiger partial charge in [0.1, 0.15) is 9.84 Å². The van der Waals surface area contributed by atoms with Crippen molar-refractivity contribution in [2.75, 3.05) is 18.6 Å². The number of hydrogen-bond acceptors (Lipinski definition) is 3. The molecule has 1 aliphatic carbocycles. The van der Waals surface area contributed by atoms with Crippen LogP contribution in [-0.4, -0.2) is 27.0 Å². The minimum absolute atomic E-state index is 0.0665. The lowest BCUT2D eigenvalue weighted by molar-refractivity contribution is 0.454. The fourth-order valence-electron chi connectivity index (χ4n) is 2.44. The molecule has 1 aromatic rings. The van der Waals surface area contributed by atoms with Crippen LogP contribution in [0, 0.1) is 5.41 Å². The zero-order valence-corrected chi connectivity index (χ0v) is 13.9. The molecule has 20 heavy (non-hydrogen) atoms. The predicted molar refractivity (Wildman–Crippen MR) is 84.3 cm³/mol. The van der Waals surface area contributed by atoms with E-state index in [-0.39, 0.29) is 17.2 Å². The van der Waals surface area contributed by atoms with Crippen LogP contribution in [0.1, 0.15) is 31.4 Å². The van der Waals surface area contributed by atoms with Gasteiger partial charge in [0, 0.05) is 28.9 Å². The Balaban J connectivity index is 1.97. The van der Waals surface area contributed by atoms with Gasteiger partial charge in [-0.2, -0.15) is 0 Å². The van der Waals surface area contributed by atoms with E-state index in [2.05, 4.69) is 5.32 Å². The van der Waals surface area contributed by atoms with Crippen LogP contribution in [0.3, 0.4) is 0 Å². The summed E-state index contributed by atoms with van der Waals surface area (Å²) in [6.45, 7) is 2.71. The first-order valence-corrected chi connectivity index (χ1v) is 9.39. The minimum Gasteiger partial charge on any atom is -0.310 e. The fraction of sp³-hybridized carbons (Fsp3) is 0.571. The highest BCUT2D eigenvalue weighted by molar-refractivity contribution is 7.90. The molecule has 0 amide bonds. The number of halogens is 2. The Bertz CT molecular complexity index is 597. The van der Waals surface area contributed by atoms with Crippen molar-refractivity contribution in [2.24, 2.45) is 5.41 Å². The Morgan fingerprint density at radius 3 is 2.50 bits per heavy atom. The highest BCUT2D eigenvalue weighted by atomic mass is 35.5. The third-order valence-electron chi connectivity index (χ3n) is 3.74. The molecule has 0 heterocycles. The second kappa shape index (κ2) is 5.84. The highest BCUT2D eigenvalue weighted by Gasteiger charge is 2.45. The largest absolute Gasteiger partial charge is 0.310 e. The van der Waals surface area contributed by atoms with Crippen LogP contribution in [0.15, 0.2) is 18.2 Å². The van der Waals surface area contributed by atoms with E-state index in [4.69, 9.17) is 23.2 Å². The van der Waals surface area contributed by atoms with Crippen molar-refractivity contribution < 1.29 is 8.42 Å². The summed E-state index contributed by atoms with van der Waals surface area (Å²) in [5, 5.41) is 4.64. The third-order valence-corrected chi connectivity index (χ3v) is 5.44. The zero-order valence-electron chi connectivity index (χ0n) is 11.6. The first-order chi connectivity index (χ1) is 9.21. The van der Waals surface area contributed by atoms with Crippen molar-refractivity contribution in [1.82, 2.24) is 5.32 Å². The molecule has 112 valence electrons. The van der Waals surface area contributed by atoms with Crippen molar-refractivity contribution in [3.05, 3.63) is 33.8 Å². The van der Waals surface area contributed by atoms with E-state index in [9.17, 15) is 8.42 Å². The van der Waals surface area contributed by atoms with Crippen molar-refractivity contribution in [1.29, 1.82) is 0 Å². The van der Waals surface area contributed by atoms with E-state index in [1.54, 1.807) is 6.07 Å². The molecule has 1 saturated carbocycles. The molecular weight excluding hydrogens is 317 g/mol. The fourth-order valence-corrected chi connectivity index (χ4v) is 4.51. The van der Waals surface area contributed by atoms with Crippen LogP contribution in [0.4, 0.5) is 0 Å². The molecule has 1 N–H and O–H groups in total. The zero-order chi connectivity index (χ0) is 15.0. The second-order valence-electron chi connectivity index (χ2n) is 5.84. The average Bonchev–Trinajstić information content (AvgIpc) is 3.04. The molecule has 1 atom stereocenters. The summed E-state index contributed by atoms with van der Waals surface area (Å²) in [7, 11) is -2.93. The molecule has 0 bridgehead atoms. The summed E-state index contributed by atoms with van der Waals surface area (Å²) in [6.07, 6.45) is 3.23. The maximum Gasteiger partial charge on any atom is 0.148 e. The Morgan fingerprint density at radius 2 is 2.00 bits per heavy atom. The predicted octanol–water partition coefficient (Wildman–Crippen LogP) is 3.47. The Morgan fingerprint density at radius 1 is 1.35 bits per heavy atom. The number of rotatable bonds is 6. The minimum atomic E-state index is -2.93. The van der Waals surface area contributed by atoms with Crippen LogP contribution < -0.4 is 5.32 Å². The van der Waals surface area contributed by atoms with Crippen LogP contribution in [0.25, 0.3) is 0 Å². The maximum absolute atomic E-state index is 11.4. The summed E-state index contributed by atoms with van der Waals surface area (Å²) in [5.74, 6) is 0.258. The van der Waals surface area contributed by atoms with Gasteiger partial charge in [0.15, 0.2) is 0 Å². The molecule has 0 aliphatic heterocycles. The van der Waals surface area contributed by atoms with Gasteiger partial charge in [-0.25, -0.2) is 8.42 Å². The molecule has 1 fully saturated rings. The van der Waals surface area contributed by atoms with Gasteiger partial charge < -0.3 is 5.32 Å². The van der Waals surface area contributed by atoms with Gasteiger partial charge in [-0.3, -0.25) is 0 Å². The monoisotopic (exact) mass is 335 g/mol. The van der Waals surface area contributed by atoms with E-state index >= 15 is 0 Å². The molecule has 0 radical (unpaired) electrons. The average molecular weight is 336 g/mol. The number of nitrogens with one attached hydrogen (secondary N) is 1. The van der Waals surface area contributed by atoms with Gasteiger partial charge in [-0.1, -0.05) is 29.3 Å². The number of benzene rings is 1. The molecule has 1 aromatic carbocycles. The lowest BCUT2D eigenvalue weighted by atomic mass is 10.1. The van der Waals surface area contributed by atoms with Crippen molar-refractivity contribution in [3.8, 4) is 0 Å². The van der Waals surface area contributed by atoms with Crippen LogP contribution in [-0.2, 0) is 9.84 Å². The summed E-state index contributed by atoms with van der Waals surface area (Å²) in [5.41, 5.74) is 0.895. The van der Waals surface area contributed by atoms with Crippen LogP contribution in [0.2, 0.25) is 10.0 Å². The summed E-state index contributed by atoms with van der Waals surface area (Å²) >= 11 is 12.1. The van der Waals surface area contributed by atoms with Crippen molar-refractivity contribution in [3.63, 3.8) is 0 Å². The summed E-state index contributed by atoms with van der Waals surface area (Å²) in [4.78, 5) is 0. The van der Waals surface area contributed by atoms with Crippen molar-refractivity contribution >= 4 is 33.0 Å². The van der Waals surface area contributed by atoms with Gasteiger partial charge in [-0.05, 0) is 42.9 Å². The SMILES string of the molecule is C[C@@H](NCC1(CS(C)(=O)=O)CC1)c1ccc(Cl)cc1Cl. The number of sulfone groups is 1. The van der Waals surface area contributed by atoms with E-state index in [1.165, 1.54) is 6.26 Å². The van der Waals surface area contributed by atoms with E-state index in [0.29, 0.717) is 16.6 Å². The quantitative estimate of drug-likeness (QED) is 0.865. The van der Waals surface area contributed by atoms with Gasteiger partial charge in [0.25, 0.3) is 0 Å². The maximum atomic E-state index is 11.4. The van der Waals surface area contributed by atoms with E-state index in [0.717, 1.165) is 18.4 Å². The highest BCUT2D eigenvalue weighted by Crippen LogP contribution is 2.46. The van der Waals surface area contributed by atoms with Crippen LogP contribution in [0.5, 0.6) is 0 Å². The lowest BCUT2D eigenvalue weighted by Crippen LogP contribution is -2.31. The number of hydrogen-bond donors (Lipinski definition) is 1. The second-order valence-corrected chi connectivity index (χ2v) is 8.82. The molecule has 1 aliphatic rings. The molecule has 0 spiro atoms. The van der Waals surface area contributed by atoms with E-state index in [1.807, 2.05) is 19.1 Å². The molecule has 0 aromatic heterocycles. The summed E-state index contributed by atoms with van der Waals surface area (Å²) in [6, 6.07) is 5.50. The first-order valence-electron chi connectivity index (χ1n) is 6.57. The molecule has 0 unspecified atom stereocenters. The van der Waals surface area contributed by atoms with Crippen LogP contribution >= 0.6 is 23.2 Å². The van der Waals surface area contributed by atoms with Crippen molar-refractivity contribution in [2.45, 2.75) is 25.8 Å². The normalized spacial score (nSPS) is 18.8. The van der Waals surface area contributed by atoms with Gasteiger partial charge in [0.05, 0.1) is 5.75 Å². The standard InChI is InChI=1S/C14H19Cl2NO2S/c1-10(12-4-3-11(15)7-13(12)16)17-8-14(5-6-14)9-20(2,18)19/h3-4,7,10,17H,5-6,8-9H2,1-2H3/t10-/m1/s1. The Kier molecular flexibility index (Phi) is 4.69. The van der Waals surface area contributed by atoms with Gasteiger partial charge in [-0.15, -0.1) is 0 Å². The Hall–Kier alpha value is -0.290. The van der Waals surface area contributed by atoms with E-state index < -0.39 is 9.84 Å². The van der Waals surface area contributed by atoms with Gasteiger partial charge >= 0.3 is 0 Å². The summed E-state index contributed by atoms with van der Waals surface area (Å²) < 4.78 is 22.9. The molecule has 6 heteroatoms.